The fourth-order valence-electron chi connectivity index (χ4n) is 3.12. The summed E-state index contributed by atoms with van der Waals surface area (Å²) in [5, 5.41) is 14.4. The van der Waals surface area contributed by atoms with Gasteiger partial charge in [-0.2, -0.15) is 5.10 Å². The molecular formula is C19H25N5O. The lowest BCUT2D eigenvalue weighted by atomic mass is 10.1. The van der Waals surface area contributed by atoms with Gasteiger partial charge in [0.2, 0.25) is 5.91 Å². The van der Waals surface area contributed by atoms with Gasteiger partial charge in [-0.25, -0.2) is 0 Å². The molecule has 0 aliphatic carbocycles. The van der Waals surface area contributed by atoms with E-state index >= 15 is 0 Å². The van der Waals surface area contributed by atoms with E-state index in [4.69, 9.17) is 0 Å². The van der Waals surface area contributed by atoms with Crippen LogP contribution in [0.4, 0.5) is 5.82 Å². The Bertz CT molecular complexity index is 674. The fourth-order valence-corrected chi connectivity index (χ4v) is 3.12. The molecule has 1 unspecified atom stereocenters. The molecule has 1 aliphatic rings. The Balaban J connectivity index is 1.40. The molecule has 2 N–H and O–H groups in total. The monoisotopic (exact) mass is 339 g/mol. The summed E-state index contributed by atoms with van der Waals surface area (Å²) in [7, 11) is 0. The molecule has 1 saturated heterocycles. The predicted octanol–water partition coefficient (Wildman–Crippen LogP) is 1.66. The number of aromatic nitrogens is 2. The van der Waals surface area contributed by atoms with Crippen LogP contribution in [0.3, 0.4) is 0 Å². The SMILES string of the molecule is Cc1ccc(CNC(=O)CNCC2CCCN2c2cccnn2)cc1. The van der Waals surface area contributed by atoms with Crippen LogP contribution in [0.25, 0.3) is 0 Å². The Morgan fingerprint density at radius 2 is 2.12 bits per heavy atom. The average Bonchev–Trinajstić information content (AvgIpc) is 3.10. The highest BCUT2D eigenvalue weighted by Gasteiger charge is 2.25. The number of nitrogens with zero attached hydrogens (tertiary/aromatic N) is 3. The van der Waals surface area contributed by atoms with Crippen molar-refractivity contribution in [1.82, 2.24) is 20.8 Å². The first-order chi connectivity index (χ1) is 12.2. The van der Waals surface area contributed by atoms with Gasteiger partial charge in [-0.05, 0) is 37.5 Å². The van der Waals surface area contributed by atoms with E-state index in [2.05, 4.69) is 44.8 Å². The van der Waals surface area contributed by atoms with Crippen molar-refractivity contribution in [3.8, 4) is 0 Å². The molecule has 0 bridgehead atoms. The van der Waals surface area contributed by atoms with Crippen LogP contribution < -0.4 is 15.5 Å². The number of hydrogen-bond donors (Lipinski definition) is 2. The maximum Gasteiger partial charge on any atom is 0.234 e. The number of hydrogen-bond acceptors (Lipinski definition) is 5. The first-order valence-corrected chi connectivity index (χ1v) is 8.79. The molecule has 2 heterocycles. The van der Waals surface area contributed by atoms with E-state index in [9.17, 15) is 4.79 Å². The molecule has 132 valence electrons. The van der Waals surface area contributed by atoms with Crippen molar-refractivity contribution in [3.05, 3.63) is 53.7 Å². The van der Waals surface area contributed by atoms with Gasteiger partial charge in [0.05, 0.1) is 6.54 Å². The van der Waals surface area contributed by atoms with Crippen molar-refractivity contribution in [2.75, 3.05) is 24.5 Å². The third-order valence-electron chi connectivity index (χ3n) is 4.51. The molecule has 0 saturated carbocycles. The number of anilines is 1. The molecule has 6 nitrogen and oxygen atoms in total. The van der Waals surface area contributed by atoms with Gasteiger partial charge < -0.3 is 15.5 Å². The summed E-state index contributed by atoms with van der Waals surface area (Å²) >= 11 is 0. The van der Waals surface area contributed by atoms with Gasteiger partial charge in [0.1, 0.15) is 0 Å². The maximum atomic E-state index is 12.0. The Hall–Kier alpha value is -2.47. The van der Waals surface area contributed by atoms with Crippen molar-refractivity contribution in [1.29, 1.82) is 0 Å². The average molecular weight is 339 g/mol. The zero-order chi connectivity index (χ0) is 17.5. The van der Waals surface area contributed by atoms with Gasteiger partial charge >= 0.3 is 0 Å². The molecule has 0 radical (unpaired) electrons. The van der Waals surface area contributed by atoms with Crippen LogP contribution in [0.1, 0.15) is 24.0 Å². The van der Waals surface area contributed by atoms with E-state index in [1.54, 1.807) is 6.20 Å². The van der Waals surface area contributed by atoms with Gasteiger partial charge in [-0.15, -0.1) is 5.10 Å². The minimum absolute atomic E-state index is 0.0182. The molecule has 1 aromatic heterocycles. The highest BCUT2D eigenvalue weighted by atomic mass is 16.1. The zero-order valence-corrected chi connectivity index (χ0v) is 14.6. The van der Waals surface area contributed by atoms with E-state index < -0.39 is 0 Å². The molecule has 25 heavy (non-hydrogen) atoms. The first-order valence-electron chi connectivity index (χ1n) is 8.79. The molecule has 1 atom stereocenters. The summed E-state index contributed by atoms with van der Waals surface area (Å²) < 4.78 is 0. The lowest BCUT2D eigenvalue weighted by Gasteiger charge is -2.25. The minimum Gasteiger partial charge on any atom is -0.351 e. The zero-order valence-electron chi connectivity index (χ0n) is 14.6. The topological polar surface area (TPSA) is 70.2 Å². The third-order valence-corrected chi connectivity index (χ3v) is 4.51. The van der Waals surface area contributed by atoms with Gasteiger partial charge in [0, 0.05) is 31.9 Å². The Kier molecular flexibility index (Phi) is 5.95. The second kappa shape index (κ2) is 8.58. The fraction of sp³-hybridized carbons (Fsp3) is 0.421. The van der Waals surface area contributed by atoms with Crippen LogP contribution in [0.15, 0.2) is 42.6 Å². The summed E-state index contributed by atoms with van der Waals surface area (Å²) in [6.45, 7) is 4.71. The Morgan fingerprint density at radius 1 is 1.28 bits per heavy atom. The van der Waals surface area contributed by atoms with Crippen molar-refractivity contribution >= 4 is 11.7 Å². The minimum atomic E-state index is 0.0182. The quantitative estimate of drug-likeness (QED) is 0.803. The molecule has 1 aliphatic heterocycles. The molecule has 0 spiro atoms. The van der Waals surface area contributed by atoms with Crippen LogP contribution >= 0.6 is 0 Å². The second-order valence-electron chi connectivity index (χ2n) is 6.46. The molecule has 1 aromatic carbocycles. The Morgan fingerprint density at radius 3 is 2.88 bits per heavy atom. The molecule has 3 rings (SSSR count). The van der Waals surface area contributed by atoms with Crippen LogP contribution in [0.5, 0.6) is 0 Å². The van der Waals surface area contributed by atoms with E-state index in [0.29, 0.717) is 19.1 Å². The lowest BCUT2D eigenvalue weighted by molar-refractivity contribution is -0.120. The van der Waals surface area contributed by atoms with E-state index in [-0.39, 0.29) is 5.91 Å². The highest BCUT2D eigenvalue weighted by molar-refractivity contribution is 5.77. The van der Waals surface area contributed by atoms with E-state index in [0.717, 1.165) is 37.3 Å². The van der Waals surface area contributed by atoms with Crippen LogP contribution in [0, 0.1) is 6.92 Å². The number of carbonyl (C=O) groups excluding carboxylic acids is 1. The van der Waals surface area contributed by atoms with Gasteiger partial charge in [-0.3, -0.25) is 4.79 Å². The lowest BCUT2D eigenvalue weighted by Crippen LogP contribution is -2.42. The molecule has 1 amide bonds. The van der Waals surface area contributed by atoms with Crippen LogP contribution in [-0.4, -0.2) is 41.8 Å². The number of nitrogens with one attached hydrogen (secondary N) is 2. The third kappa shape index (κ3) is 5.00. The summed E-state index contributed by atoms with van der Waals surface area (Å²) in [5.74, 6) is 0.931. The summed E-state index contributed by atoms with van der Waals surface area (Å²) in [4.78, 5) is 14.3. The number of carbonyl (C=O) groups is 1. The van der Waals surface area contributed by atoms with Crippen LogP contribution in [-0.2, 0) is 11.3 Å². The predicted molar refractivity (Wildman–Crippen MR) is 98.3 cm³/mol. The van der Waals surface area contributed by atoms with Gasteiger partial charge in [-0.1, -0.05) is 29.8 Å². The number of aryl methyl sites for hydroxylation is 1. The Labute approximate surface area is 148 Å². The standard InChI is InChI=1S/C19H25N5O/c1-15-6-8-16(9-7-15)12-21-19(25)14-20-13-17-4-3-11-24(17)18-5-2-10-22-23-18/h2,5-10,17,20H,3-4,11-14H2,1H3,(H,21,25). The van der Waals surface area contributed by atoms with Crippen molar-refractivity contribution in [2.45, 2.75) is 32.4 Å². The first kappa shape index (κ1) is 17.4. The highest BCUT2D eigenvalue weighted by Crippen LogP contribution is 2.22. The largest absolute Gasteiger partial charge is 0.351 e. The summed E-state index contributed by atoms with van der Waals surface area (Å²) in [5.41, 5.74) is 2.34. The number of benzene rings is 1. The number of rotatable bonds is 7. The molecular weight excluding hydrogens is 314 g/mol. The number of amides is 1. The van der Waals surface area contributed by atoms with E-state index in [1.165, 1.54) is 5.56 Å². The van der Waals surface area contributed by atoms with Gasteiger partial charge in [0.25, 0.3) is 0 Å². The van der Waals surface area contributed by atoms with Crippen molar-refractivity contribution in [3.63, 3.8) is 0 Å². The van der Waals surface area contributed by atoms with Gasteiger partial charge in [0.15, 0.2) is 5.82 Å². The second-order valence-corrected chi connectivity index (χ2v) is 6.46. The summed E-state index contributed by atoms with van der Waals surface area (Å²) in [6.07, 6.45) is 3.93. The van der Waals surface area contributed by atoms with Crippen molar-refractivity contribution < 1.29 is 4.79 Å². The normalized spacial score (nSPS) is 16.8. The molecule has 2 aromatic rings. The smallest absolute Gasteiger partial charge is 0.234 e. The van der Waals surface area contributed by atoms with E-state index in [1.807, 2.05) is 24.3 Å². The van der Waals surface area contributed by atoms with Crippen LogP contribution in [0.2, 0.25) is 0 Å². The molecule has 1 fully saturated rings. The van der Waals surface area contributed by atoms with Crippen molar-refractivity contribution in [2.24, 2.45) is 0 Å². The summed E-state index contributed by atoms with van der Waals surface area (Å²) in [6, 6.07) is 12.5. The molecule has 6 heteroatoms. The maximum absolute atomic E-state index is 12.0.